The highest BCUT2D eigenvalue weighted by atomic mass is 31.1. The van der Waals surface area contributed by atoms with Gasteiger partial charge in [-0.05, 0) is 9.05 Å². The molecule has 0 radical (unpaired) electrons. The van der Waals surface area contributed by atoms with Crippen molar-refractivity contribution in [2.45, 2.75) is 64.8 Å². The van der Waals surface area contributed by atoms with Crippen molar-refractivity contribution in [3.8, 4) is 0 Å². The van der Waals surface area contributed by atoms with Crippen molar-refractivity contribution in [3.63, 3.8) is 0 Å². The van der Waals surface area contributed by atoms with Gasteiger partial charge >= 0.3 is 19.7 Å². The molecule has 0 spiro atoms. The van der Waals surface area contributed by atoms with Crippen LogP contribution in [0.2, 0.25) is 0 Å². The van der Waals surface area contributed by atoms with Crippen LogP contribution in [0, 0.1) is 13.1 Å². The molecule has 0 bridgehead atoms. The molecule has 0 fully saturated rings. The first-order valence-corrected chi connectivity index (χ1v) is 7.19. The molecule has 0 N–H and O–H groups in total. The quantitative estimate of drug-likeness (QED) is 0.480. The molecule has 0 saturated carbocycles. The fourth-order valence-electron chi connectivity index (χ4n) is 1.41. The van der Waals surface area contributed by atoms with Crippen LogP contribution in [0.15, 0.2) is 0 Å². The summed E-state index contributed by atoms with van der Waals surface area (Å²) >= 11 is 0. The molecular formula is C12H20N2O3P+. The lowest BCUT2D eigenvalue weighted by Gasteiger charge is -2.13. The molecule has 0 aromatic carbocycles. The predicted molar refractivity (Wildman–Crippen MR) is 69.6 cm³/mol. The lowest BCUT2D eigenvalue weighted by Crippen LogP contribution is -2.27. The lowest BCUT2D eigenvalue weighted by molar-refractivity contribution is 0.0453. The topological polar surface area (TPSA) is 44.2 Å². The van der Waals surface area contributed by atoms with Gasteiger partial charge < -0.3 is 0 Å². The third kappa shape index (κ3) is 4.03. The van der Waals surface area contributed by atoms with Gasteiger partial charge in [0, 0.05) is 4.57 Å². The minimum atomic E-state index is -2.47. The van der Waals surface area contributed by atoms with Crippen LogP contribution in [0.4, 0.5) is 0 Å². The van der Waals surface area contributed by atoms with E-state index < -0.39 is 19.7 Å². The van der Waals surface area contributed by atoms with Crippen LogP contribution in [-0.2, 0) is 13.6 Å². The van der Waals surface area contributed by atoms with Crippen LogP contribution in [0.25, 0.3) is 9.69 Å². The molecule has 0 unspecified atom stereocenters. The highest BCUT2D eigenvalue weighted by Gasteiger charge is 2.52. The average Bonchev–Trinajstić information content (AvgIpc) is 2.42. The predicted octanol–water partition coefficient (Wildman–Crippen LogP) is 4.55. The van der Waals surface area contributed by atoms with Crippen molar-refractivity contribution in [3.05, 3.63) is 22.8 Å². The number of rotatable bonds is 8. The van der Waals surface area contributed by atoms with E-state index in [1.54, 1.807) is 27.7 Å². The summed E-state index contributed by atoms with van der Waals surface area (Å²) in [5.41, 5.74) is -2.22. The van der Waals surface area contributed by atoms with Crippen LogP contribution in [-0.4, -0.2) is 11.4 Å². The Labute approximate surface area is 110 Å². The summed E-state index contributed by atoms with van der Waals surface area (Å²) in [6, 6.07) is 0. The van der Waals surface area contributed by atoms with Crippen molar-refractivity contribution >= 4 is 8.25 Å². The Balaban J connectivity index is 4.81. The van der Waals surface area contributed by atoms with Gasteiger partial charge in [0.05, 0.1) is 25.7 Å². The van der Waals surface area contributed by atoms with Crippen molar-refractivity contribution in [2.75, 3.05) is 0 Å². The normalized spacial score (nSPS) is 11.7. The summed E-state index contributed by atoms with van der Waals surface area (Å²) < 4.78 is 22.3. The molecule has 0 amide bonds. The van der Waals surface area contributed by atoms with Crippen LogP contribution in [0.1, 0.15) is 53.4 Å². The van der Waals surface area contributed by atoms with E-state index in [0.717, 1.165) is 0 Å². The van der Waals surface area contributed by atoms with Crippen LogP contribution >= 0.6 is 8.25 Å². The molecule has 0 atom stereocenters. The van der Waals surface area contributed by atoms with Crippen molar-refractivity contribution in [1.29, 1.82) is 0 Å². The second-order valence-electron chi connectivity index (χ2n) is 3.94. The zero-order valence-corrected chi connectivity index (χ0v) is 12.3. The highest BCUT2D eigenvalue weighted by molar-refractivity contribution is 7.33. The Kier molecular flexibility index (Phi) is 7.02. The number of nitrogens with zero attached hydrogens (tertiary/aromatic N) is 2. The second kappa shape index (κ2) is 7.44. The molecule has 100 valence electrons. The summed E-state index contributed by atoms with van der Waals surface area (Å²) in [6.07, 6.45) is 1.73. The molecule has 5 nitrogen and oxygen atoms in total. The van der Waals surface area contributed by atoms with Crippen molar-refractivity contribution in [1.82, 2.24) is 0 Å². The Morgan fingerprint density at radius 1 is 0.889 bits per heavy atom. The second-order valence-corrected chi connectivity index (χ2v) is 4.75. The smallest absolute Gasteiger partial charge is 0.276 e. The molecule has 0 aromatic rings. The van der Waals surface area contributed by atoms with E-state index in [-0.39, 0.29) is 0 Å². The summed E-state index contributed by atoms with van der Waals surface area (Å²) in [5.74, 6) is 0. The van der Waals surface area contributed by atoms with Crippen molar-refractivity contribution < 1.29 is 13.6 Å². The van der Waals surface area contributed by atoms with Gasteiger partial charge in [-0.15, -0.1) is 0 Å². The third-order valence-electron chi connectivity index (χ3n) is 3.11. The minimum absolute atomic E-state index is 0.431. The highest BCUT2D eigenvalue weighted by Crippen LogP contribution is 2.42. The maximum Gasteiger partial charge on any atom is 0.712 e. The summed E-state index contributed by atoms with van der Waals surface area (Å²) in [4.78, 5) is 6.78. The number of hydrogen-bond donors (Lipinski definition) is 0. The fourth-order valence-corrected chi connectivity index (χ4v) is 2.60. The molecular weight excluding hydrogens is 251 g/mol. The molecule has 0 aliphatic carbocycles. The minimum Gasteiger partial charge on any atom is -0.276 e. The molecule has 0 heterocycles. The van der Waals surface area contributed by atoms with E-state index in [4.69, 9.17) is 22.2 Å². The molecule has 0 saturated heterocycles. The first kappa shape index (κ1) is 17.0. The maximum atomic E-state index is 11.8. The largest absolute Gasteiger partial charge is 0.712 e. The Hall–Kier alpha value is -1.00. The van der Waals surface area contributed by atoms with Gasteiger partial charge in [-0.2, -0.15) is 0 Å². The lowest BCUT2D eigenvalue weighted by atomic mass is 10.1. The van der Waals surface area contributed by atoms with Crippen molar-refractivity contribution in [2.24, 2.45) is 0 Å². The molecule has 0 aromatic heterocycles. The Morgan fingerprint density at radius 3 is 1.33 bits per heavy atom. The first-order chi connectivity index (χ1) is 8.46. The van der Waals surface area contributed by atoms with E-state index >= 15 is 0 Å². The van der Waals surface area contributed by atoms with Gasteiger partial charge in [0.1, 0.15) is 0 Å². The zero-order chi connectivity index (χ0) is 14.2. The maximum absolute atomic E-state index is 11.8. The van der Waals surface area contributed by atoms with E-state index in [1.807, 2.05) is 0 Å². The number of hydrogen-bond acceptors (Lipinski definition) is 3. The average molecular weight is 271 g/mol. The Bertz CT molecular complexity index is 328. The summed E-state index contributed by atoms with van der Waals surface area (Å²) in [6.45, 7) is 21.4. The molecule has 0 aliphatic rings. The van der Waals surface area contributed by atoms with Crippen LogP contribution in [0.5, 0.6) is 0 Å². The molecule has 6 heteroatoms. The molecule has 18 heavy (non-hydrogen) atoms. The molecule has 0 rings (SSSR count). The van der Waals surface area contributed by atoms with E-state index in [9.17, 15) is 4.57 Å². The van der Waals surface area contributed by atoms with E-state index in [0.29, 0.717) is 25.7 Å². The fraction of sp³-hybridized carbons (Fsp3) is 0.833. The summed E-state index contributed by atoms with van der Waals surface area (Å²) in [7, 11) is -2.47. The van der Waals surface area contributed by atoms with Gasteiger partial charge in [-0.3, -0.25) is 9.69 Å². The summed E-state index contributed by atoms with van der Waals surface area (Å²) in [5, 5.41) is 0. The van der Waals surface area contributed by atoms with Gasteiger partial charge in [0.25, 0.3) is 0 Å². The van der Waals surface area contributed by atoms with E-state index in [1.165, 1.54) is 0 Å². The monoisotopic (exact) mass is 271 g/mol. The SMILES string of the molecule is [C-]#[N+]C(CC)(CC)O[P+](=O)OC(CC)(CC)[N+]#[C-]. The van der Waals surface area contributed by atoms with Crippen LogP contribution < -0.4 is 0 Å². The van der Waals surface area contributed by atoms with Gasteiger partial charge in [0.15, 0.2) is 0 Å². The standard InChI is InChI=1S/C12H20N2O3P/c1-7-11(8-2,13-5)16-18(15)17-12(9-3,10-4)14-6/h7-10H2,1-4H3/q+1. The van der Waals surface area contributed by atoms with Crippen LogP contribution in [0.3, 0.4) is 0 Å². The zero-order valence-electron chi connectivity index (χ0n) is 11.4. The Morgan fingerprint density at radius 2 is 1.17 bits per heavy atom. The van der Waals surface area contributed by atoms with Gasteiger partial charge in [-0.1, -0.05) is 27.7 Å². The third-order valence-corrected chi connectivity index (χ3v) is 4.08. The van der Waals surface area contributed by atoms with E-state index in [2.05, 4.69) is 9.69 Å². The van der Waals surface area contributed by atoms with Gasteiger partial charge in [0.2, 0.25) is 0 Å². The first-order valence-electron chi connectivity index (χ1n) is 6.09. The molecule has 0 aliphatic heterocycles. The van der Waals surface area contributed by atoms with Gasteiger partial charge in [-0.25, -0.2) is 13.1 Å².